The number of nitrogens with zero attached hydrogens (tertiary/aromatic N) is 2. The molecule has 0 unspecified atom stereocenters. The predicted molar refractivity (Wildman–Crippen MR) is 82.7 cm³/mol. The van der Waals surface area contributed by atoms with Gasteiger partial charge in [0.25, 0.3) is 5.91 Å². The molecule has 0 bridgehead atoms. The second kappa shape index (κ2) is 5.94. The van der Waals surface area contributed by atoms with Gasteiger partial charge in [-0.2, -0.15) is 0 Å². The van der Waals surface area contributed by atoms with Crippen LogP contribution in [0.15, 0.2) is 12.3 Å². The van der Waals surface area contributed by atoms with Gasteiger partial charge in [0.1, 0.15) is 5.69 Å². The zero-order valence-electron chi connectivity index (χ0n) is 13.6. The number of ketones is 1. The number of hydrogen-bond donors (Lipinski definition) is 1. The number of nitrogens with one attached hydrogen (secondary N) is 1. The maximum atomic E-state index is 12.4. The Labute approximate surface area is 130 Å². The summed E-state index contributed by atoms with van der Waals surface area (Å²) in [6, 6.07) is 1.58. The standard InChI is InChI=1S/C16H23N3O3/c1-11(20)12-9-13(17-10-12)14(21)18-5-7-19(8-6-18)15(22)16(2,3)4/h9-10,17H,5-8H2,1-4H3. The molecule has 2 amide bonds. The van der Waals surface area contributed by atoms with Gasteiger partial charge in [0.05, 0.1) is 0 Å². The third-order valence-corrected chi connectivity index (χ3v) is 3.82. The molecule has 0 aliphatic carbocycles. The Bertz CT molecular complexity index is 590. The molecule has 120 valence electrons. The van der Waals surface area contributed by atoms with Crippen molar-refractivity contribution in [3.63, 3.8) is 0 Å². The second-order valence-corrected chi connectivity index (χ2v) is 6.69. The van der Waals surface area contributed by atoms with Gasteiger partial charge in [0, 0.05) is 43.4 Å². The molecule has 0 atom stereocenters. The van der Waals surface area contributed by atoms with E-state index in [1.165, 1.54) is 6.92 Å². The largest absolute Gasteiger partial charge is 0.356 e. The summed E-state index contributed by atoms with van der Waals surface area (Å²) < 4.78 is 0. The molecule has 0 saturated carbocycles. The quantitative estimate of drug-likeness (QED) is 0.842. The number of aromatic amines is 1. The van der Waals surface area contributed by atoms with Crippen LogP contribution in [0.1, 0.15) is 48.5 Å². The monoisotopic (exact) mass is 305 g/mol. The van der Waals surface area contributed by atoms with Crippen molar-refractivity contribution in [2.75, 3.05) is 26.2 Å². The Morgan fingerprint density at radius 1 is 1.05 bits per heavy atom. The van der Waals surface area contributed by atoms with Crippen molar-refractivity contribution in [1.82, 2.24) is 14.8 Å². The lowest BCUT2D eigenvalue weighted by Crippen LogP contribution is -2.53. The van der Waals surface area contributed by atoms with Crippen molar-refractivity contribution in [3.05, 3.63) is 23.5 Å². The highest BCUT2D eigenvalue weighted by Crippen LogP contribution is 2.19. The smallest absolute Gasteiger partial charge is 0.270 e. The molecule has 1 N–H and O–H groups in total. The first-order valence-electron chi connectivity index (χ1n) is 7.48. The Morgan fingerprint density at radius 3 is 2.05 bits per heavy atom. The maximum absolute atomic E-state index is 12.4. The highest BCUT2D eigenvalue weighted by molar-refractivity contribution is 5.99. The molecular weight excluding hydrogens is 282 g/mol. The number of hydrogen-bond acceptors (Lipinski definition) is 3. The minimum absolute atomic E-state index is 0.0732. The lowest BCUT2D eigenvalue weighted by molar-refractivity contribution is -0.140. The van der Waals surface area contributed by atoms with E-state index >= 15 is 0 Å². The van der Waals surface area contributed by atoms with Gasteiger partial charge in [0.15, 0.2) is 5.78 Å². The fraction of sp³-hybridized carbons (Fsp3) is 0.562. The molecule has 6 heteroatoms. The molecule has 1 fully saturated rings. The van der Waals surface area contributed by atoms with Gasteiger partial charge in [-0.3, -0.25) is 14.4 Å². The molecule has 6 nitrogen and oxygen atoms in total. The van der Waals surface area contributed by atoms with E-state index < -0.39 is 5.41 Å². The SMILES string of the molecule is CC(=O)c1c[nH]c(C(=O)N2CCN(C(=O)C(C)(C)C)CC2)c1. The molecule has 0 spiro atoms. The fourth-order valence-corrected chi connectivity index (χ4v) is 2.48. The number of carbonyl (C=O) groups excluding carboxylic acids is 3. The van der Waals surface area contributed by atoms with E-state index in [4.69, 9.17) is 0 Å². The van der Waals surface area contributed by atoms with Crippen LogP contribution >= 0.6 is 0 Å². The number of amides is 2. The van der Waals surface area contributed by atoms with E-state index in [1.807, 2.05) is 20.8 Å². The third-order valence-electron chi connectivity index (χ3n) is 3.82. The minimum atomic E-state index is -0.401. The Hall–Kier alpha value is -2.11. The molecule has 1 aliphatic heterocycles. The highest BCUT2D eigenvalue weighted by Gasteiger charge is 2.31. The van der Waals surface area contributed by atoms with Crippen molar-refractivity contribution in [1.29, 1.82) is 0 Å². The molecular formula is C16H23N3O3. The highest BCUT2D eigenvalue weighted by atomic mass is 16.2. The molecule has 2 heterocycles. The zero-order valence-corrected chi connectivity index (χ0v) is 13.6. The Kier molecular flexibility index (Phi) is 4.39. The first kappa shape index (κ1) is 16.3. The molecule has 1 aromatic rings. The molecule has 1 aromatic heterocycles. The number of aromatic nitrogens is 1. The van der Waals surface area contributed by atoms with Gasteiger partial charge >= 0.3 is 0 Å². The Balaban J connectivity index is 1.97. The van der Waals surface area contributed by atoms with Gasteiger partial charge in [-0.25, -0.2) is 0 Å². The fourth-order valence-electron chi connectivity index (χ4n) is 2.48. The van der Waals surface area contributed by atoms with Crippen LogP contribution in [0, 0.1) is 5.41 Å². The van der Waals surface area contributed by atoms with Crippen LogP contribution in [0.5, 0.6) is 0 Å². The molecule has 1 saturated heterocycles. The summed E-state index contributed by atoms with van der Waals surface area (Å²) in [5, 5.41) is 0. The molecule has 22 heavy (non-hydrogen) atoms. The van der Waals surface area contributed by atoms with Crippen molar-refractivity contribution >= 4 is 17.6 Å². The van der Waals surface area contributed by atoms with Crippen LogP contribution < -0.4 is 0 Å². The summed E-state index contributed by atoms with van der Waals surface area (Å²) in [5.74, 6) is -0.0930. The van der Waals surface area contributed by atoms with Crippen LogP contribution in [0.4, 0.5) is 0 Å². The van der Waals surface area contributed by atoms with Gasteiger partial charge in [-0.1, -0.05) is 20.8 Å². The van der Waals surface area contributed by atoms with Crippen molar-refractivity contribution in [2.45, 2.75) is 27.7 Å². The van der Waals surface area contributed by atoms with Crippen LogP contribution in [0.2, 0.25) is 0 Å². The summed E-state index contributed by atoms with van der Waals surface area (Å²) in [6.07, 6.45) is 1.55. The topological polar surface area (TPSA) is 73.5 Å². The first-order valence-corrected chi connectivity index (χ1v) is 7.48. The van der Waals surface area contributed by atoms with Gasteiger partial charge in [0.2, 0.25) is 5.91 Å². The van der Waals surface area contributed by atoms with E-state index in [0.29, 0.717) is 37.4 Å². The predicted octanol–water partition coefficient (Wildman–Crippen LogP) is 1.55. The van der Waals surface area contributed by atoms with Gasteiger partial charge in [-0.15, -0.1) is 0 Å². The van der Waals surface area contributed by atoms with Crippen LogP contribution in [0.25, 0.3) is 0 Å². The number of rotatable bonds is 2. The van der Waals surface area contributed by atoms with Crippen molar-refractivity contribution < 1.29 is 14.4 Å². The van der Waals surface area contributed by atoms with Crippen molar-refractivity contribution in [3.8, 4) is 0 Å². The van der Waals surface area contributed by atoms with E-state index in [9.17, 15) is 14.4 Å². The lowest BCUT2D eigenvalue weighted by atomic mass is 9.94. The van der Waals surface area contributed by atoms with Crippen LogP contribution in [-0.4, -0.2) is 58.6 Å². The average Bonchev–Trinajstić information content (AvgIpc) is 2.95. The summed E-state index contributed by atoms with van der Waals surface area (Å²) in [7, 11) is 0. The first-order chi connectivity index (χ1) is 10.2. The summed E-state index contributed by atoms with van der Waals surface area (Å²) >= 11 is 0. The third kappa shape index (κ3) is 3.37. The number of carbonyl (C=O) groups is 3. The molecule has 2 rings (SSSR count). The summed E-state index contributed by atoms with van der Waals surface area (Å²) in [6.45, 7) is 9.27. The maximum Gasteiger partial charge on any atom is 0.270 e. The molecule has 0 aromatic carbocycles. The van der Waals surface area contributed by atoms with Crippen LogP contribution in [0.3, 0.4) is 0 Å². The summed E-state index contributed by atoms with van der Waals surface area (Å²) in [4.78, 5) is 42.3. The van der Waals surface area contributed by atoms with Crippen LogP contribution in [-0.2, 0) is 4.79 Å². The van der Waals surface area contributed by atoms with Crippen molar-refractivity contribution in [2.24, 2.45) is 5.41 Å². The average molecular weight is 305 g/mol. The molecule has 0 radical (unpaired) electrons. The molecule has 1 aliphatic rings. The zero-order chi connectivity index (χ0) is 16.5. The van der Waals surface area contributed by atoms with E-state index in [-0.39, 0.29) is 17.6 Å². The van der Waals surface area contributed by atoms with Gasteiger partial charge in [-0.05, 0) is 13.0 Å². The Morgan fingerprint density at radius 2 is 1.59 bits per heavy atom. The number of piperazine rings is 1. The normalized spacial score (nSPS) is 15.8. The van der Waals surface area contributed by atoms with Gasteiger partial charge < -0.3 is 14.8 Å². The number of H-pyrrole nitrogens is 1. The summed E-state index contributed by atoms with van der Waals surface area (Å²) in [5.41, 5.74) is 0.521. The van der Waals surface area contributed by atoms with E-state index in [2.05, 4.69) is 4.98 Å². The van der Waals surface area contributed by atoms with E-state index in [1.54, 1.807) is 22.1 Å². The second-order valence-electron chi connectivity index (χ2n) is 6.69. The number of Topliss-reactive ketones (excluding diaryl/α,β-unsaturated/α-hetero) is 1. The lowest BCUT2D eigenvalue weighted by Gasteiger charge is -2.37. The minimum Gasteiger partial charge on any atom is -0.356 e. The van der Waals surface area contributed by atoms with E-state index in [0.717, 1.165) is 0 Å².